The Balaban J connectivity index is 2.41. The number of fused-ring (bicyclic) bond motifs is 1. The van der Waals surface area contributed by atoms with Crippen LogP contribution in [0.1, 0.15) is 47.0 Å². The van der Waals surface area contributed by atoms with E-state index in [9.17, 15) is 22.8 Å². The van der Waals surface area contributed by atoms with Gasteiger partial charge in [-0.15, -0.1) is 0 Å². The number of Topliss-reactive ketones (excluding diaryl/α,β-unsaturated/α-hetero) is 1. The number of carbonyl (C=O) groups is 3. The molecule has 0 aromatic carbocycles. The number of ketones is 1. The molecule has 1 saturated carbocycles. The fraction of sp³-hybridized carbons (Fsp3) is 0.833. The minimum atomic E-state index is -3.65. The Morgan fingerprint density at radius 3 is 2.44 bits per heavy atom. The number of hydrogen-bond donors (Lipinski definition) is 0. The van der Waals surface area contributed by atoms with E-state index in [1.807, 2.05) is 0 Å². The van der Waals surface area contributed by atoms with Crippen LogP contribution in [0.2, 0.25) is 0 Å². The molecular weight excluding hydrogens is 376 g/mol. The lowest BCUT2D eigenvalue weighted by atomic mass is 9.72. The van der Waals surface area contributed by atoms with E-state index in [1.165, 1.54) is 13.8 Å². The number of rotatable bonds is 6. The van der Waals surface area contributed by atoms with Gasteiger partial charge in [0.2, 0.25) is 0 Å². The van der Waals surface area contributed by atoms with Crippen LogP contribution in [0, 0.1) is 23.7 Å². The Morgan fingerprint density at radius 1 is 1.30 bits per heavy atom. The zero-order valence-electron chi connectivity index (χ0n) is 16.4. The molecule has 0 unspecified atom stereocenters. The third-order valence-electron chi connectivity index (χ3n) is 5.81. The lowest BCUT2D eigenvalue weighted by Crippen LogP contribution is -2.47. The van der Waals surface area contributed by atoms with E-state index >= 15 is 0 Å². The van der Waals surface area contributed by atoms with Gasteiger partial charge in [-0.1, -0.05) is 6.92 Å². The van der Waals surface area contributed by atoms with Gasteiger partial charge in [-0.2, -0.15) is 8.42 Å². The zero-order chi connectivity index (χ0) is 20.6. The third kappa shape index (κ3) is 4.87. The molecule has 0 radical (unpaired) electrons. The molecule has 9 heteroatoms. The summed E-state index contributed by atoms with van der Waals surface area (Å²) in [6.07, 6.45) is 1.53. The van der Waals surface area contributed by atoms with E-state index in [2.05, 4.69) is 0 Å². The summed E-state index contributed by atoms with van der Waals surface area (Å²) in [6, 6.07) is 0. The van der Waals surface area contributed by atoms with Crippen LogP contribution in [-0.4, -0.2) is 50.7 Å². The van der Waals surface area contributed by atoms with Crippen molar-refractivity contribution in [2.45, 2.75) is 58.7 Å². The van der Waals surface area contributed by atoms with Crippen molar-refractivity contribution < 1.29 is 36.5 Å². The second kappa shape index (κ2) is 7.87. The summed E-state index contributed by atoms with van der Waals surface area (Å²) in [5.41, 5.74) is -0.987. The molecular formula is C18H28O8S. The molecule has 1 heterocycles. The Labute approximate surface area is 160 Å². The van der Waals surface area contributed by atoms with Gasteiger partial charge in [-0.3, -0.25) is 18.6 Å². The van der Waals surface area contributed by atoms with Crippen molar-refractivity contribution >= 4 is 27.8 Å². The molecule has 8 nitrogen and oxygen atoms in total. The van der Waals surface area contributed by atoms with E-state index in [4.69, 9.17) is 13.7 Å². The van der Waals surface area contributed by atoms with Crippen molar-refractivity contribution in [1.29, 1.82) is 0 Å². The van der Waals surface area contributed by atoms with Gasteiger partial charge in [0.05, 0.1) is 24.7 Å². The van der Waals surface area contributed by atoms with Crippen molar-refractivity contribution in [2.75, 3.05) is 12.9 Å². The SMILES string of the molecule is CC(=O)O[C@]1(C)CC[C@@H]2[C@H](OC(=O)[C@H]2C)[C@H](C(C)=O)[C@H]1CCOS(C)(=O)=O. The van der Waals surface area contributed by atoms with Crippen LogP contribution in [0.25, 0.3) is 0 Å². The largest absolute Gasteiger partial charge is 0.461 e. The molecule has 1 saturated heterocycles. The summed E-state index contributed by atoms with van der Waals surface area (Å²) in [5.74, 6) is -2.72. The molecule has 1 aliphatic carbocycles. The van der Waals surface area contributed by atoms with Crippen LogP contribution >= 0.6 is 0 Å². The topological polar surface area (TPSA) is 113 Å². The molecule has 2 fully saturated rings. The zero-order valence-corrected chi connectivity index (χ0v) is 17.2. The molecule has 27 heavy (non-hydrogen) atoms. The molecule has 0 bridgehead atoms. The molecule has 0 spiro atoms. The van der Waals surface area contributed by atoms with Crippen molar-refractivity contribution in [2.24, 2.45) is 23.7 Å². The lowest BCUT2D eigenvalue weighted by molar-refractivity contribution is -0.170. The first-order valence-corrected chi connectivity index (χ1v) is 10.9. The number of ether oxygens (including phenoxy) is 2. The summed E-state index contributed by atoms with van der Waals surface area (Å²) in [4.78, 5) is 36.4. The van der Waals surface area contributed by atoms with E-state index in [1.54, 1.807) is 13.8 Å². The van der Waals surface area contributed by atoms with Crippen LogP contribution in [-0.2, 0) is 38.2 Å². The van der Waals surface area contributed by atoms with Gasteiger partial charge in [0.25, 0.3) is 10.1 Å². The maximum absolute atomic E-state index is 12.6. The lowest BCUT2D eigenvalue weighted by Gasteiger charge is -2.40. The number of esters is 2. The van der Waals surface area contributed by atoms with Crippen LogP contribution in [0.15, 0.2) is 0 Å². The first-order chi connectivity index (χ1) is 12.4. The average Bonchev–Trinajstić information content (AvgIpc) is 2.70. The molecule has 2 rings (SSSR count). The molecule has 0 aromatic rings. The van der Waals surface area contributed by atoms with Gasteiger partial charge < -0.3 is 9.47 Å². The minimum absolute atomic E-state index is 0.148. The highest BCUT2D eigenvalue weighted by Crippen LogP contribution is 2.49. The van der Waals surface area contributed by atoms with Crippen LogP contribution in [0.3, 0.4) is 0 Å². The Bertz CT molecular complexity index is 715. The van der Waals surface area contributed by atoms with Crippen LogP contribution in [0.4, 0.5) is 0 Å². The highest BCUT2D eigenvalue weighted by atomic mass is 32.2. The van der Waals surface area contributed by atoms with Gasteiger partial charge in [0, 0.05) is 18.8 Å². The maximum Gasteiger partial charge on any atom is 0.309 e. The first-order valence-electron chi connectivity index (χ1n) is 9.10. The monoisotopic (exact) mass is 404 g/mol. The predicted molar refractivity (Wildman–Crippen MR) is 95.0 cm³/mol. The van der Waals surface area contributed by atoms with E-state index in [-0.39, 0.29) is 36.6 Å². The molecule has 2 aliphatic rings. The summed E-state index contributed by atoms with van der Waals surface area (Å²) < 4.78 is 38.7. The second-order valence-corrected chi connectivity index (χ2v) is 9.50. The standard InChI is InChI=1S/C18H28O8S/c1-10-13-6-8-18(4,26-12(3)20)14(7-9-24-27(5,22)23)15(11(2)19)16(13)25-17(10)21/h10,13-16H,6-9H2,1-5H3/t10-,13-,14+,15+,16-,18+/m0/s1. The fourth-order valence-electron chi connectivity index (χ4n) is 4.57. The maximum atomic E-state index is 12.6. The highest BCUT2D eigenvalue weighted by Gasteiger charge is 2.56. The summed E-state index contributed by atoms with van der Waals surface area (Å²) >= 11 is 0. The van der Waals surface area contributed by atoms with Gasteiger partial charge in [0.1, 0.15) is 17.5 Å². The van der Waals surface area contributed by atoms with Gasteiger partial charge >= 0.3 is 11.9 Å². The van der Waals surface area contributed by atoms with Crippen molar-refractivity contribution in [1.82, 2.24) is 0 Å². The first kappa shape index (κ1) is 21.8. The van der Waals surface area contributed by atoms with E-state index < -0.39 is 39.6 Å². The fourth-order valence-corrected chi connectivity index (χ4v) is 4.97. The Kier molecular flexibility index (Phi) is 6.36. The van der Waals surface area contributed by atoms with Gasteiger partial charge in [-0.25, -0.2) is 0 Å². The summed E-state index contributed by atoms with van der Waals surface area (Å²) in [6.45, 7) is 6.10. The summed E-state index contributed by atoms with van der Waals surface area (Å²) in [5, 5.41) is 0. The quantitative estimate of drug-likeness (QED) is 0.483. The molecule has 1 aliphatic heterocycles. The van der Waals surface area contributed by atoms with Crippen LogP contribution < -0.4 is 0 Å². The normalized spacial score (nSPS) is 36.5. The Hall–Kier alpha value is -1.48. The third-order valence-corrected chi connectivity index (χ3v) is 6.40. The molecule has 154 valence electrons. The number of carbonyl (C=O) groups excluding carboxylic acids is 3. The van der Waals surface area contributed by atoms with Crippen molar-refractivity contribution in [3.05, 3.63) is 0 Å². The average molecular weight is 404 g/mol. The second-order valence-electron chi connectivity index (χ2n) is 7.86. The molecule has 0 amide bonds. The molecule has 0 aromatic heterocycles. The summed E-state index contributed by atoms with van der Waals surface area (Å²) in [7, 11) is -3.65. The van der Waals surface area contributed by atoms with Crippen molar-refractivity contribution in [3.63, 3.8) is 0 Å². The predicted octanol–water partition coefficient (Wildman–Crippen LogP) is 1.47. The van der Waals surface area contributed by atoms with Crippen LogP contribution in [0.5, 0.6) is 0 Å². The molecule has 6 atom stereocenters. The van der Waals surface area contributed by atoms with E-state index in [0.717, 1.165) is 6.26 Å². The van der Waals surface area contributed by atoms with E-state index in [0.29, 0.717) is 12.8 Å². The van der Waals surface area contributed by atoms with Gasteiger partial charge in [0.15, 0.2) is 0 Å². The Morgan fingerprint density at radius 2 is 1.93 bits per heavy atom. The number of hydrogen-bond acceptors (Lipinski definition) is 8. The molecule has 0 N–H and O–H groups in total. The van der Waals surface area contributed by atoms with Gasteiger partial charge in [-0.05, 0) is 33.1 Å². The smallest absolute Gasteiger partial charge is 0.309 e. The highest BCUT2D eigenvalue weighted by molar-refractivity contribution is 7.85. The minimum Gasteiger partial charge on any atom is -0.461 e. The van der Waals surface area contributed by atoms with Crippen molar-refractivity contribution in [3.8, 4) is 0 Å².